The lowest BCUT2D eigenvalue weighted by Gasteiger charge is -2.32. The van der Waals surface area contributed by atoms with Crippen molar-refractivity contribution in [1.29, 1.82) is 0 Å². The van der Waals surface area contributed by atoms with E-state index in [0.29, 0.717) is 6.04 Å². The van der Waals surface area contributed by atoms with Gasteiger partial charge in [0.05, 0.1) is 6.04 Å². The highest BCUT2D eigenvalue weighted by atomic mass is 16.4. The minimum atomic E-state index is -0.914. The zero-order valence-electron chi connectivity index (χ0n) is 11.2. The van der Waals surface area contributed by atoms with Crippen molar-refractivity contribution < 1.29 is 14.7 Å². The van der Waals surface area contributed by atoms with Gasteiger partial charge in [-0.15, -0.1) is 0 Å². The smallest absolute Gasteiger partial charge is 0.303 e. The molecule has 0 saturated carbocycles. The van der Waals surface area contributed by atoms with Crippen LogP contribution < -0.4 is 11.1 Å². The third-order valence-corrected chi connectivity index (χ3v) is 4.19. The number of amides is 1. The summed E-state index contributed by atoms with van der Waals surface area (Å²) in [6, 6.07) is -0.0817. The zero-order chi connectivity index (χ0) is 13.8. The maximum Gasteiger partial charge on any atom is 0.303 e. The van der Waals surface area contributed by atoms with Gasteiger partial charge in [-0.1, -0.05) is 6.42 Å². The number of rotatable bonds is 5. The molecule has 2 aliphatic heterocycles. The van der Waals surface area contributed by atoms with Crippen molar-refractivity contribution in [2.75, 3.05) is 13.1 Å². The normalized spacial score (nSPS) is 28.7. The Morgan fingerprint density at radius 2 is 2.11 bits per heavy atom. The molecular formula is C13H23N3O3. The molecule has 6 nitrogen and oxygen atoms in total. The summed E-state index contributed by atoms with van der Waals surface area (Å²) in [5.74, 6) is -1.12. The molecule has 0 aromatic heterocycles. The van der Waals surface area contributed by atoms with Gasteiger partial charge in [0.25, 0.3) is 0 Å². The SMILES string of the molecule is NC(CCC(=O)O)C(=O)NC1CCN2CCCCC12. The predicted molar refractivity (Wildman–Crippen MR) is 70.6 cm³/mol. The van der Waals surface area contributed by atoms with Gasteiger partial charge < -0.3 is 16.2 Å². The van der Waals surface area contributed by atoms with Crippen LogP contribution in [0.1, 0.15) is 38.5 Å². The fourth-order valence-corrected chi connectivity index (χ4v) is 3.12. The van der Waals surface area contributed by atoms with Crippen molar-refractivity contribution >= 4 is 11.9 Å². The van der Waals surface area contributed by atoms with Gasteiger partial charge in [0.15, 0.2) is 0 Å². The second-order valence-electron chi connectivity index (χ2n) is 5.54. The molecule has 2 aliphatic rings. The quantitative estimate of drug-likeness (QED) is 0.649. The molecule has 6 heteroatoms. The highest BCUT2D eigenvalue weighted by molar-refractivity contribution is 5.82. The third-order valence-electron chi connectivity index (χ3n) is 4.19. The number of carbonyl (C=O) groups is 2. The van der Waals surface area contributed by atoms with E-state index >= 15 is 0 Å². The summed E-state index contributed by atoms with van der Waals surface area (Å²) in [6.07, 6.45) is 4.71. The second kappa shape index (κ2) is 6.34. The maximum absolute atomic E-state index is 11.9. The number of carboxylic acids is 1. The van der Waals surface area contributed by atoms with Crippen molar-refractivity contribution in [3.63, 3.8) is 0 Å². The van der Waals surface area contributed by atoms with E-state index in [9.17, 15) is 9.59 Å². The Labute approximate surface area is 113 Å². The minimum absolute atomic E-state index is 0.0607. The number of carbonyl (C=O) groups excluding carboxylic acids is 1. The summed E-state index contributed by atoms with van der Waals surface area (Å²) in [5.41, 5.74) is 5.72. The number of piperidine rings is 1. The van der Waals surface area contributed by atoms with Crippen molar-refractivity contribution in [2.24, 2.45) is 5.73 Å². The Morgan fingerprint density at radius 3 is 2.84 bits per heavy atom. The Balaban J connectivity index is 1.80. The molecule has 2 saturated heterocycles. The van der Waals surface area contributed by atoms with E-state index in [2.05, 4.69) is 10.2 Å². The summed E-state index contributed by atoms with van der Waals surface area (Å²) in [4.78, 5) is 24.8. The first kappa shape index (κ1) is 14.3. The van der Waals surface area contributed by atoms with Gasteiger partial charge in [0.2, 0.25) is 5.91 Å². The third kappa shape index (κ3) is 3.67. The Kier molecular flexibility index (Phi) is 4.76. The van der Waals surface area contributed by atoms with Gasteiger partial charge in [-0.2, -0.15) is 0 Å². The summed E-state index contributed by atoms with van der Waals surface area (Å²) in [5, 5.41) is 11.6. The molecule has 3 atom stereocenters. The van der Waals surface area contributed by atoms with Crippen LogP contribution in [0.25, 0.3) is 0 Å². The molecule has 2 fully saturated rings. The van der Waals surface area contributed by atoms with Crippen LogP contribution in [0.15, 0.2) is 0 Å². The van der Waals surface area contributed by atoms with Crippen LogP contribution in [0.4, 0.5) is 0 Å². The Bertz CT molecular complexity index is 348. The first-order chi connectivity index (χ1) is 9.08. The highest BCUT2D eigenvalue weighted by Gasteiger charge is 2.36. The molecule has 0 aliphatic carbocycles. The summed E-state index contributed by atoms with van der Waals surface area (Å²) >= 11 is 0. The molecular weight excluding hydrogens is 246 g/mol. The molecule has 0 spiro atoms. The van der Waals surface area contributed by atoms with Crippen LogP contribution in [-0.4, -0.2) is 53.1 Å². The second-order valence-corrected chi connectivity index (χ2v) is 5.54. The average molecular weight is 269 g/mol. The topological polar surface area (TPSA) is 95.7 Å². The van der Waals surface area contributed by atoms with Crippen LogP contribution in [0.5, 0.6) is 0 Å². The van der Waals surface area contributed by atoms with Crippen LogP contribution in [0.3, 0.4) is 0 Å². The van der Waals surface area contributed by atoms with Crippen LogP contribution in [0, 0.1) is 0 Å². The largest absolute Gasteiger partial charge is 0.481 e. The first-order valence-electron chi connectivity index (χ1n) is 7.09. The number of nitrogens with two attached hydrogens (primary N) is 1. The lowest BCUT2D eigenvalue weighted by Crippen LogP contribution is -2.51. The van der Waals surface area contributed by atoms with Gasteiger partial charge in [-0.25, -0.2) is 0 Å². The van der Waals surface area contributed by atoms with E-state index in [1.54, 1.807) is 0 Å². The number of hydrogen-bond acceptors (Lipinski definition) is 4. The van der Waals surface area contributed by atoms with Crippen molar-refractivity contribution in [1.82, 2.24) is 10.2 Å². The van der Waals surface area contributed by atoms with Crippen molar-refractivity contribution in [2.45, 2.75) is 56.7 Å². The molecule has 108 valence electrons. The van der Waals surface area contributed by atoms with Crippen LogP contribution >= 0.6 is 0 Å². The fourth-order valence-electron chi connectivity index (χ4n) is 3.12. The van der Waals surface area contributed by atoms with E-state index in [0.717, 1.165) is 25.9 Å². The molecule has 0 radical (unpaired) electrons. The summed E-state index contributed by atoms with van der Waals surface area (Å²) in [6.45, 7) is 2.17. The Hall–Kier alpha value is -1.14. The predicted octanol–water partition coefficient (Wildman–Crippen LogP) is -0.0785. The monoisotopic (exact) mass is 269 g/mol. The fraction of sp³-hybridized carbons (Fsp3) is 0.846. The Morgan fingerprint density at radius 1 is 1.32 bits per heavy atom. The lowest BCUT2D eigenvalue weighted by molar-refractivity contribution is -0.137. The maximum atomic E-state index is 11.9. The zero-order valence-corrected chi connectivity index (χ0v) is 11.2. The number of fused-ring (bicyclic) bond motifs is 1. The molecule has 19 heavy (non-hydrogen) atoms. The highest BCUT2D eigenvalue weighted by Crippen LogP contribution is 2.27. The standard InChI is InChI=1S/C13H23N3O3/c14-9(4-5-12(17)18)13(19)15-10-6-8-16-7-2-1-3-11(10)16/h9-11H,1-8,14H2,(H,15,19)(H,17,18). The minimum Gasteiger partial charge on any atom is -0.481 e. The molecule has 0 aromatic carbocycles. The molecule has 4 N–H and O–H groups in total. The van der Waals surface area contributed by atoms with E-state index in [4.69, 9.17) is 10.8 Å². The van der Waals surface area contributed by atoms with Gasteiger partial charge in [0, 0.05) is 25.0 Å². The van der Waals surface area contributed by atoms with Crippen LogP contribution in [-0.2, 0) is 9.59 Å². The van der Waals surface area contributed by atoms with Crippen LogP contribution in [0.2, 0.25) is 0 Å². The average Bonchev–Trinajstić information content (AvgIpc) is 2.79. The summed E-state index contributed by atoms with van der Waals surface area (Å²) in [7, 11) is 0. The molecule has 2 heterocycles. The molecule has 0 bridgehead atoms. The van der Waals surface area contributed by atoms with Gasteiger partial charge in [-0.05, 0) is 32.2 Å². The van der Waals surface area contributed by atoms with E-state index in [1.165, 1.54) is 12.8 Å². The summed E-state index contributed by atoms with van der Waals surface area (Å²) < 4.78 is 0. The molecule has 0 aromatic rings. The lowest BCUT2D eigenvalue weighted by atomic mass is 9.98. The van der Waals surface area contributed by atoms with Crippen molar-refractivity contribution in [3.05, 3.63) is 0 Å². The first-order valence-corrected chi connectivity index (χ1v) is 7.09. The van der Waals surface area contributed by atoms with Crippen molar-refractivity contribution in [3.8, 4) is 0 Å². The molecule has 1 amide bonds. The number of nitrogens with one attached hydrogen (secondary N) is 1. The number of hydrogen-bond donors (Lipinski definition) is 3. The number of nitrogens with zero attached hydrogens (tertiary/aromatic N) is 1. The molecule has 3 unspecified atom stereocenters. The van der Waals surface area contributed by atoms with Gasteiger partial charge in [0.1, 0.15) is 0 Å². The van der Waals surface area contributed by atoms with E-state index in [-0.39, 0.29) is 24.8 Å². The van der Waals surface area contributed by atoms with Gasteiger partial charge >= 0.3 is 5.97 Å². The van der Waals surface area contributed by atoms with E-state index in [1.807, 2.05) is 0 Å². The van der Waals surface area contributed by atoms with Gasteiger partial charge in [-0.3, -0.25) is 14.5 Å². The number of carboxylic acid groups (broad SMARTS) is 1. The molecule has 2 rings (SSSR count). The van der Waals surface area contributed by atoms with E-state index < -0.39 is 12.0 Å². The number of aliphatic carboxylic acids is 1.